The maximum Gasteiger partial charge on any atom is 0.355 e. The number of hydrogen-bond acceptors (Lipinski definition) is 6. The summed E-state index contributed by atoms with van der Waals surface area (Å²) in [6.07, 6.45) is 5.53. The number of esters is 2. The topological polar surface area (TPSA) is 79.6 Å². The highest BCUT2D eigenvalue weighted by Gasteiger charge is 2.28. The van der Waals surface area contributed by atoms with E-state index in [-0.39, 0.29) is 17.0 Å². The molecule has 0 amide bonds. The fraction of sp³-hybridized carbons (Fsp3) is 0.118. The highest BCUT2D eigenvalue weighted by molar-refractivity contribution is 6.05. The minimum Gasteiger partial charge on any atom is -0.465 e. The van der Waals surface area contributed by atoms with Crippen LogP contribution in [0.15, 0.2) is 47.8 Å². The van der Waals surface area contributed by atoms with Gasteiger partial charge in [-0.3, -0.25) is 0 Å². The smallest absolute Gasteiger partial charge is 0.355 e. The maximum absolute atomic E-state index is 13.9. The van der Waals surface area contributed by atoms with Crippen molar-refractivity contribution < 1.29 is 27.8 Å². The average Bonchev–Trinajstić information content (AvgIpc) is 2.82. The molecule has 1 heterocycles. The van der Waals surface area contributed by atoms with Gasteiger partial charge >= 0.3 is 11.9 Å². The first kappa shape index (κ1) is 17.9. The third kappa shape index (κ3) is 3.40. The van der Waals surface area contributed by atoms with Gasteiger partial charge in [0.1, 0.15) is 29.0 Å². The Balaban J connectivity index is 2.71. The molecule has 1 aliphatic rings. The van der Waals surface area contributed by atoms with Gasteiger partial charge < -0.3 is 14.4 Å². The molecule has 1 aromatic carbocycles. The van der Waals surface area contributed by atoms with E-state index in [4.69, 9.17) is 5.26 Å². The van der Waals surface area contributed by atoms with Crippen molar-refractivity contribution in [2.24, 2.45) is 0 Å². The molecule has 1 aromatic rings. The maximum atomic E-state index is 13.9. The van der Waals surface area contributed by atoms with Gasteiger partial charge in [0.2, 0.25) is 0 Å². The zero-order chi connectivity index (χ0) is 18.6. The molecule has 0 aromatic heterocycles. The van der Waals surface area contributed by atoms with Crippen LogP contribution in [-0.2, 0) is 19.1 Å². The summed E-state index contributed by atoms with van der Waals surface area (Å²) >= 11 is 0. The van der Waals surface area contributed by atoms with Crippen molar-refractivity contribution in [2.75, 3.05) is 19.1 Å². The first-order valence-corrected chi connectivity index (χ1v) is 6.88. The summed E-state index contributed by atoms with van der Waals surface area (Å²) in [6, 6.07) is 3.15. The Hall–Kier alpha value is -3.47. The van der Waals surface area contributed by atoms with E-state index in [1.54, 1.807) is 0 Å². The Kier molecular flexibility index (Phi) is 5.29. The van der Waals surface area contributed by atoms with E-state index >= 15 is 0 Å². The van der Waals surface area contributed by atoms with Crippen molar-refractivity contribution in [1.82, 2.24) is 0 Å². The molecule has 2 rings (SSSR count). The summed E-state index contributed by atoms with van der Waals surface area (Å²) in [6.45, 7) is 0. The largest absolute Gasteiger partial charge is 0.465 e. The van der Waals surface area contributed by atoms with Gasteiger partial charge in [0.15, 0.2) is 0 Å². The molecular formula is C17H12F2N2O4. The highest BCUT2D eigenvalue weighted by Crippen LogP contribution is 2.29. The lowest BCUT2D eigenvalue weighted by molar-refractivity contribution is -0.139. The number of nitriles is 1. The Labute approximate surface area is 141 Å². The summed E-state index contributed by atoms with van der Waals surface area (Å²) in [5.41, 5.74) is -1.32. The molecule has 0 saturated heterocycles. The zero-order valence-electron chi connectivity index (χ0n) is 13.2. The van der Waals surface area contributed by atoms with Gasteiger partial charge in [-0.2, -0.15) is 5.26 Å². The lowest BCUT2D eigenvalue weighted by Crippen LogP contribution is -2.27. The molecule has 0 spiro atoms. The number of ether oxygens (including phenoxy) is 2. The van der Waals surface area contributed by atoms with Crippen LogP contribution in [0.3, 0.4) is 0 Å². The number of carbonyl (C=O) groups excluding carboxylic acids is 2. The van der Waals surface area contributed by atoms with Crippen LogP contribution < -0.4 is 4.90 Å². The van der Waals surface area contributed by atoms with Gasteiger partial charge in [-0.05, 0) is 24.3 Å². The zero-order valence-corrected chi connectivity index (χ0v) is 13.2. The number of halogens is 2. The first-order chi connectivity index (χ1) is 11.9. The van der Waals surface area contributed by atoms with Crippen molar-refractivity contribution in [3.8, 4) is 6.07 Å². The van der Waals surface area contributed by atoms with Crippen LogP contribution in [0.5, 0.6) is 0 Å². The van der Waals surface area contributed by atoms with Crippen LogP contribution in [0, 0.1) is 23.0 Å². The summed E-state index contributed by atoms with van der Waals surface area (Å²) in [5, 5.41) is 8.76. The fourth-order valence-electron chi connectivity index (χ4n) is 2.17. The van der Waals surface area contributed by atoms with Gasteiger partial charge in [0, 0.05) is 6.20 Å². The van der Waals surface area contributed by atoms with Crippen LogP contribution in [-0.4, -0.2) is 26.2 Å². The SMILES string of the molecule is COC(=O)C1=C(C(=O)OC)N(c2cc(F)c(C#N)c(F)c2)C=CC=C1. The summed E-state index contributed by atoms with van der Waals surface area (Å²) in [4.78, 5) is 25.2. The lowest BCUT2D eigenvalue weighted by Gasteiger charge is -2.23. The Bertz CT molecular complexity index is 843. The van der Waals surface area contributed by atoms with Crippen molar-refractivity contribution in [1.29, 1.82) is 5.26 Å². The Morgan fingerprint density at radius 1 is 1.08 bits per heavy atom. The van der Waals surface area contributed by atoms with Crippen LogP contribution in [0.25, 0.3) is 0 Å². The number of rotatable bonds is 3. The molecule has 0 radical (unpaired) electrons. The molecule has 128 valence electrons. The number of benzene rings is 1. The molecule has 0 N–H and O–H groups in total. The molecule has 1 aliphatic heterocycles. The second-order valence-corrected chi connectivity index (χ2v) is 4.71. The minimum atomic E-state index is -1.10. The molecule has 0 atom stereocenters. The van der Waals surface area contributed by atoms with Crippen molar-refractivity contribution in [3.63, 3.8) is 0 Å². The molecular weight excluding hydrogens is 334 g/mol. The van der Waals surface area contributed by atoms with E-state index in [1.807, 2.05) is 0 Å². The normalized spacial score (nSPS) is 13.3. The quantitative estimate of drug-likeness (QED) is 0.782. The summed E-state index contributed by atoms with van der Waals surface area (Å²) in [5.74, 6) is -3.96. The Morgan fingerprint density at radius 3 is 2.20 bits per heavy atom. The van der Waals surface area contributed by atoms with E-state index < -0.39 is 29.1 Å². The van der Waals surface area contributed by atoms with E-state index in [2.05, 4.69) is 9.47 Å². The highest BCUT2D eigenvalue weighted by atomic mass is 19.1. The van der Waals surface area contributed by atoms with E-state index in [0.717, 1.165) is 31.3 Å². The van der Waals surface area contributed by atoms with Crippen LogP contribution in [0.2, 0.25) is 0 Å². The molecule has 0 bridgehead atoms. The number of nitrogens with zero attached hydrogens (tertiary/aromatic N) is 2. The molecule has 0 fully saturated rings. The molecule has 0 unspecified atom stereocenters. The van der Waals surface area contributed by atoms with Gasteiger partial charge in [-0.15, -0.1) is 0 Å². The predicted octanol–water partition coefficient (Wildman–Crippen LogP) is 2.33. The van der Waals surface area contributed by atoms with Gasteiger partial charge in [0.25, 0.3) is 0 Å². The van der Waals surface area contributed by atoms with E-state index in [0.29, 0.717) is 0 Å². The van der Waals surface area contributed by atoms with Crippen molar-refractivity contribution in [2.45, 2.75) is 0 Å². The minimum absolute atomic E-state index is 0.115. The van der Waals surface area contributed by atoms with Gasteiger partial charge in [0.05, 0.1) is 25.5 Å². The number of allylic oxidation sites excluding steroid dienone is 2. The molecule has 6 nitrogen and oxygen atoms in total. The lowest BCUT2D eigenvalue weighted by atomic mass is 10.1. The van der Waals surface area contributed by atoms with Crippen molar-refractivity contribution >= 4 is 17.6 Å². The molecule has 0 aliphatic carbocycles. The molecule has 0 saturated carbocycles. The van der Waals surface area contributed by atoms with Gasteiger partial charge in [-0.1, -0.05) is 6.08 Å². The third-order valence-electron chi connectivity index (χ3n) is 3.31. The molecule has 8 heteroatoms. The van der Waals surface area contributed by atoms with Crippen molar-refractivity contribution in [3.05, 3.63) is 65.0 Å². The van der Waals surface area contributed by atoms with Gasteiger partial charge in [-0.25, -0.2) is 18.4 Å². The fourth-order valence-corrected chi connectivity index (χ4v) is 2.17. The second-order valence-electron chi connectivity index (χ2n) is 4.71. The first-order valence-electron chi connectivity index (χ1n) is 6.88. The second kappa shape index (κ2) is 7.40. The molecule has 25 heavy (non-hydrogen) atoms. The monoisotopic (exact) mass is 346 g/mol. The van der Waals surface area contributed by atoms with Crippen LogP contribution >= 0.6 is 0 Å². The number of methoxy groups -OCH3 is 2. The van der Waals surface area contributed by atoms with E-state index in [1.165, 1.54) is 30.5 Å². The third-order valence-corrected chi connectivity index (χ3v) is 3.31. The number of anilines is 1. The predicted molar refractivity (Wildman–Crippen MR) is 82.9 cm³/mol. The van der Waals surface area contributed by atoms with E-state index in [9.17, 15) is 18.4 Å². The summed E-state index contributed by atoms with van der Waals surface area (Å²) in [7, 11) is 2.22. The standard InChI is InChI=1S/C17H12F2N2O4/c1-24-16(22)11-5-3-4-6-21(15(11)17(23)25-2)10-7-13(18)12(9-20)14(19)8-10/h3-8H,1-2H3. The number of hydrogen-bond donors (Lipinski definition) is 0. The van der Waals surface area contributed by atoms with Crippen LogP contribution in [0.4, 0.5) is 14.5 Å². The summed E-state index contributed by atoms with van der Waals surface area (Å²) < 4.78 is 37.2. The number of carbonyl (C=O) groups is 2. The van der Waals surface area contributed by atoms with Crippen LogP contribution in [0.1, 0.15) is 5.56 Å². The Morgan fingerprint density at radius 2 is 1.68 bits per heavy atom. The average molecular weight is 346 g/mol.